The summed E-state index contributed by atoms with van der Waals surface area (Å²) in [5.41, 5.74) is 1.89. The number of halogens is 1. The Morgan fingerprint density at radius 3 is 2.73 bits per heavy atom. The SMILES string of the molecule is CC(C)(C)OC(=O)N1CCc2c(c(=O)n(Cc3cccc(F)c3)c3ncccc23)C1. The number of benzene rings is 1. The Morgan fingerprint density at radius 1 is 1.20 bits per heavy atom. The second-order valence-electron chi connectivity index (χ2n) is 8.50. The molecule has 156 valence electrons. The highest BCUT2D eigenvalue weighted by molar-refractivity contribution is 5.81. The van der Waals surface area contributed by atoms with Crippen molar-refractivity contribution < 1.29 is 13.9 Å². The molecule has 7 heteroatoms. The van der Waals surface area contributed by atoms with Gasteiger partial charge in [-0.3, -0.25) is 9.36 Å². The molecule has 2 aromatic heterocycles. The minimum atomic E-state index is -0.609. The summed E-state index contributed by atoms with van der Waals surface area (Å²) >= 11 is 0. The van der Waals surface area contributed by atoms with Crippen molar-refractivity contribution >= 4 is 17.1 Å². The first-order valence-corrected chi connectivity index (χ1v) is 9.94. The molecule has 30 heavy (non-hydrogen) atoms. The van der Waals surface area contributed by atoms with Gasteiger partial charge in [0.25, 0.3) is 5.56 Å². The lowest BCUT2D eigenvalue weighted by Gasteiger charge is -2.31. The minimum Gasteiger partial charge on any atom is -0.444 e. The molecule has 0 saturated heterocycles. The van der Waals surface area contributed by atoms with Crippen LogP contribution >= 0.6 is 0 Å². The second-order valence-corrected chi connectivity index (χ2v) is 8.50. The van der Waals surface area contributed by atoms with Gasteiger partial charge in [-0.1, -0.05) is 12.1 Å². The normalized spacial score (nSPS) is 13.9. The third-order valence-electron chi connectivity index (χ3n) is 5.10. The zero-order valence-electron chi connectivity index (χ0n) is 17.3. The van der Waals surface area contributed by atoms with Crippen LogP contribution in [0.25, 0.3) is 11.0 Å². The molecule has 0 N–H and O–H groups in total. The fraction of sp³-hybridized carbons (Fsp3) is 0.348. The summed E-state index contributed by atoms with van der Waals surface area (Å²) in [6, 6.07) is 9.94. The molecule has 1 amide bonds. The van der Waals surface area contributed by atoms with Crippen LogP contribution in [0.1, 0.15) is 37.5 Å². The van der Waals surface area contributed by atoms with Crippen LogP contribution in [0, 0.1) is 5.82 Å². The molecule has 0 spiro atoms. The molecular weight excluding hydrogens is 385 g/mol. The molecule has 1 aliphatic rings. The van der Waals surface area contributed by atoms with Crippen molar-refractivity contribution in [2.45, 2.75) is 45.9 Å². The zero-order valence-corrected chi connectivity index (χ0v) is 17.3. The smallest absolute Gasteiger partial charge is 0.410 e. The summed E-state index contributed by atoms with van der Waals surface area (Å²) in [7, 11) is 0. The molecule has 0 unspecified atom stereocenters. The molecule has 4 rings (SSSR count). The Bertz CT molecular complexity index is 1180. The molecule has 0 radical (unpaired) electrons. The first-order chi connectivity index (χ1) is 14.2. The quantitative estimate of drug-likeness (QED) is 0.644. The van der Waals surface area contributed by atoms with Crippen molar-refractivity contribution in [3.8, 4) is 0 Å². The summed E-state index contributed by atoms with van der Waals surface area (Å²) in [5, 5.41) is 0.882. The van der Waals surface area contributed by atoms with Gasteiger partial charge in [0.2, 0.25) is 0 Å². The first-order valence-electron chi connectivity index (χ1n) is 9.94. The predicted octanol–water partition coefficient (Wildman–Crippen LogP) is 3.88. The van der Waals surface area contributed by atoms with Crippen LogP contribution in [-0.4, -0.2) is 32.7 Å². The predicted molar refractivity (Wildman–Crippen MR) is 112 cm³/mol. The van der Waals surface area contributed by atoms with E-state index in [0.717, 1.165) is 10.9 Å². The van der Waals surface area contributed by atoms with Gasteiger partial charge in [-0.05, 0) is 62.6 Å². The Labute approximate surface area is 173 Å². The molecular formula is C23H24FN3O3. The van der Waals surface area contributed by atoms with Gasteiger partial charge in [-0.15, -0.1) is 0 Å². The van der Waals surface area contributed by atoms with E-state index in [1.807, 2.05) is 32.9 Å². The van der Waals surface area contributed by atoms with Gasteiger partial charge >= 0.3 is 6.09 Å². The molecule has 0 atom stereocenters. The van der Waals surface area contributed by atoms with Crippen molar-refractivity contribution in [2.24, 2.45) is 0 Å². The Hall–Kier alpha value is -3.22. The highest BCUT2D eigenvalue weighted by Gasteiger charge is 2.29. The molecule has 0 aliphatic carbocycles. The highest BCUT2D eigenvalue weighted by atomic mass is 19.1. The first kappa shape index (κ1) is 20.1. The Kier molecular flexibility index (Phi) is 5.05. The standard InChI is InChI=1S/C23H24FN3O3/c1-23(2,3)30-22(29)26-11-9-17-18-8-5-10-25-20(18)27(21(28)19(17)14-26)13-15-6-4-7-16(24)12-15/h4-8,10,12H,9,11,13-14H2,1-3H3. The number of ether oxygens (including phenoxy) is 1. The molecule has 3 heterocycles. The van der Waals surface area contributed by atoms with Gasteiger partial charge < -0.3 is 9.64 Å². The summed E-state index contributed by atoms with van der Waals surface area (Å²) in [4.78, 5) is 32.0. The van der Waals surface area contributed by atoms with E-state index in [-0.39, 0.29) is 24.5 Å². The molecule has 6 nitrogen and oxygen atoms in total. The maximum atomic E-state index is 13.7. The lowest BCUT2D eigenvalue weighted by molar-refractivity contribution is 0.0223. The number of pyridine rings is 2. The van der Waals surface area contributed by atoms with Crippen LogP contribution in [0.15, 0.2) is 47.4 Å². The monoisotopic (exact) mass is 409 g/mol. The number of nitrogens with zero attached hydrogens (tertiary/aromatic N) is 3. The summed E-state index contributed by atoms with van der Waals surface area (Å²) in [6.07, 6.45) is 1.76. The van der Waals surface area contributed by atoms with E-state index in [9.17, 15) is 14.0 Å². The summed E-state index contributed by atoms with van der Waals surface area (Å²) in [6.45, 7) is 6.29. The van der Waals surface area contributed by atoms with E-state index in [0.29, 0.717) is 29.7 Å². The minimum absolute atomic E-state index is 0.178. The zero-order chi connectivity index (χ0) is 21.5. The maximum absolute atomic E-state index is 13.7. The fourth-order valence-corrected chi connectivity index (χ4v) is 3.81. The van der Waals surface area contributed by atoms with Gasteiger partial charge in [-0.25, -0.2) is 14.2 Å². The fourth-order valence-electron chi connectivity index (χ4n) is 3.81. The van der Waals surface area contributed by atoms with Crippen LogP contribution in [0.3, 0.4) is 0 Å². The van der Waals surface area contributed by atoms with Gasteiger partial charge in [0.05, 0.1) is 13.1 Å². The lowest BCUT2D eigenvalue weighted by Crippen LogP contribution is -2.43. The van der Waals surface area contributed by atoms with E-state index < -0.39 is 11.7 Å². The average Bonchev–Trinajstić information content (AvgIpc) is 2.69. The number of fused-ring (bicyclic) bond motifs is 3. The summed E-state index contributed by atoms with van der Waals surface area (Å²) < 4.78 is 20.7. The van der Waals surface area contributed by atoms with Crippen molar-refractivity contribution in [1.82, 2.24) is 14.5 Å². The van der Waals surface area contributed by atoms with Crippen LogP contribution in [0.2, 0.25) is 0 Å². The van der Waals surface area contributed by atoms with E-state index in [2.05, 4.69) is 4.98 Å². The number of aromatic nitrogens is 2. The van der Waals surface area contributed by atoms with Crippen LogP contribution in [0.5, 0.6) is 0 Å². The van der Waals surface area contributed by atoms with Gasteiger partial charge in [0, 0.05) is 23.7 Å². The number of carbonyl (C=O) groups is 1. The molecule has 1 aromatic carbocycles. The average molecular weight is 409 g/mol. The van der Waals surface area contributed by atoms with Crippen LogP contribution in [-0.2, 0) is 24.2 Å². The van der Waals surface area contributed by atoms with Gasteiger partial charge in [0.1, 0.15) is 17.1 Å². The van der Waals surface area contributed by atoms with Crippen LogP contribution < -0.4 is 5.56 Å². The Balaban J connectivity index is 1.78. The van der Waals surface area contributed by atoms with Crippen molar-refractivity contribution in [2.75, 3.05) is 6.54 Å². The second kappa shape index (κ2) is 7.55. The van der Waals surface area contributed by atoms with Crippen molar-refractivity contribution in [3.05, 3.63) is 75.5 Å². The van der Waals surface area contributed by atoms with Gasteiger partial charge in [0.15, 0.2) is 0 Å². The molecule has 0 fully saturated rings. The number of rotatable bonds is 2. The highest BCUT2D eigenvalue weighted by Crippen LogP contribution is 2.25. The van der Waals surface area contributed by atoms with E-state index in [1.165, 1.54) is 12.1 Å². The molecule has 1 aliphatic heterocycles. The number of carbonyl (C=O) groups excluding carboxylic acids is 1. The number of hydrogen-bond donors (Lipinski definition) is 0. The third-order valence-corrected chi connectivity index (χ3v) is 5.10. The largest absolute Gasteiger partial charge is 0.444 e. The molecule has 0 saturated carbocycles. The molecule has 3 aromatic rings. The van der Waals surface area contributed by atoms with E-state index in [4.69, 9.17) is 4.74 Å². The number of hydrogen-bond acceptors (Lipinski definition) is 4. The van der Waals surface area contributed by atoms with Gasteiger partial charge in [-0.2, -0.15) is 0 Å². The lowest BCUT2D eigenvalue weighted by atomic mass is 9.97. The third kappa shape index (κ3) is 3.92. The summed E-state index contributed by atoms with van der Waals surface area (Å²) in [5.74, 6) is -0.355. The van der Waals surface area contributed by atoms with E-state index in [1.54, 1.807) is 27.8 Å². The van der Waals surface area contributed by atoms with E-state index >= 15 is 0 Å². The topological polar surface area (TPSA) is 64.4 Å². The Morgan fingerprint density at radius 2 is 2.00 bits per heavy atom. The van der Waals surface area contributed by atoms with Crippen molar-refractivity contribution in [1.29, 1.82) is 0 Å². The molecule has 0 bridgehead atoms. The maximum Gasteiger partial charge on any atom is 0.410 e. The number of amides is 1. The van der Waals surface area contributed by atoms with Crippen molar-refractivity contribution in [3.63, 3.8) is 0 Å². The van der Waals surface area contributed by atoms with Crippen LogP contribution in [0.4, 0.5) is 9.18 Å².